The maximum atomic E-state index is 13.1. The van der Waals surface area contributed by atoms with Crippen LogP contribution in [-0.4, -0.2) is 48.1 Å². The summed E-state index contributed by atoms with van der Waals surface area (Å²) in [6.07, 6.45) is 11.6. The number of fused-ring (bicyclic) bond motifs is 1. The first-order chi connectivity index (χ1) is 16.5. The predicted octanol–water partition coefficient (Wildman–Crippen LogP) is 3.94. The number of aromatic amines is 1. The number of aromatic nitrogens is 1. The highest BCUT2D eigenvalue weighted by molar-refractivity contribution is 6.47. The lowest BCUT2D eigenvalue weighted by molar-refractivity contribution is -0.123. The molecule has 5 rings (SSSR count). The molecule has 0 saturated heterocycles. The van der Waals surface area contributed by atoms with Crippen LogP contribution in [0.25, 0.3) is 10.9 Å². The highest BCUT2D eigenvalue weighted by Gasteiger charge is 2.29. The van der Waals surface area contributed by atoms with Crippen LogP contribution in [0.15, 0.2) is 35.3 Å². The number of rotatable bonds is 6. The van der Waals surface area contributed by atoms with Gasteiger partial charge in [0.05, 0.1) is 5.56 Å². The number of carbonyl (C=O) groups is 3. The normalized spacial score (nSPS) is 18.4. The van der Waals surface area contributed by atoms with E-state index in [1.165, 1.54) is 6.42 Å². The van der Waals surface area contributed by atoms with Gasteiger partial charge in [0.15, 0.2) is 0 Å². The van der Waals surface area contributed by atoms with Gasteiger partial charge in [-0.15, -0.1) is 0 Å². The van der Waals surface area contributed by atoms with E-state index >= 15 is 0 Å². The molecule has 8 nitrogen and oxygen atoms in total. The van der Waals surface area contributed by atoms with Gasteiger partial charge in [-0.2, -0.15) is 0 Å². The molecule has 2 fully saturated rings. The van der Waals surface area contributed by atoms with Crippen LogP contribution >= 0.6 is 0 Å². The Hall–Kier alpha value is -3.42. The SMILES string of the molecule is CN(C(=O)C1CCCCC1)c1ccc2c(C(=O)NC3CC3)c(NC(=O)C3=NCCC=C3)[nH]c2c1. The van der Waals surface area contributed by atoms with Gasteiger partial charge in [0.1, 0.15) is 11.5 Å². The molecule has 2 heterocycles. The van der Waals surface area contributed by atoms with Crippen molar-refractivity contribution in [2.45, 2.75) is 57.4 Å². The summed E-state index contributed by atoms with van der Waals surface area (Å²) < 4.78 is 0. The van der Waals surface area contributed by atoms with Crippen molar-refractivity contribution in [1.29, 1.82) is 0 Å². The van der Waals surface area contributed by atoms with Crippen molar-refractivity contribution in [2.24, 2.45) is 10.9 Å². The fraction of sp³-hybridized carbons (Fsp3) is 0.462. The standard InChI is InChI=1S/C26H31N5O3/c1-31(26(34)16-7-3-2-4-8-16)18-12-13-19-21(15-18)29-23(22(19)25(33)28-17-10-11-17)30-24(32)20-9-5-6-14-27-20/h5,9,12-13,15-17,29H,2-4,6-8,10-11,14H2,1H3,(H,28,33)(H,30,32). The molecule has 1 aromatic carbocycles. The maximum absolute atomic E-state index is 13.1. The van der Waals surface area contributed by atoms with Crippen molar-refractivity contribution in [1.82, 2.24) is 10.3 Å². The summed E-state index contributed by atoms with van der Waals surface area (Å²) in [6.45, 7) is 0.575. The van der Waals surface area contributed by atoms with E-state index in [-0.39, 0.29) is 29.7 Å². The summed E-state index contributed by atoms with van der Waals surface area (Å²) in [7, 11) is 1.80. The van der Waals surface area contributed by atoms with Crippen molar-refractivity contribution < 1.29 is 14.4 Å². The Labute approximate surface area is 198 Å². The number of aliphatic imine (C=N–C) groups is 1. The van der Waals surface area contributed by atoms with Gasteiger partial charge in [0.2, 0.25) is 5.91 Å². The second kappa shape index (κ2) is 9.44. The zero-order chi connectivity index (χ0) is 23.7. The number of dihydropyridines is 1. The summed E-state index contributed by atoms with van der Waals surface area (Å²) in [4.78, 5) is 48.1. The lowest BCUT2D eigenvalue weighted by Crippen LogP contribution is -2.33. The third kappa shape index (κ3) is 4.62. The summed E-state index contributed by atoms with van der Waals surface area (Å²) in [5, 5.41) is 6.58. The van der Waals surface area contributed by atoms with E-state index in [2.05, 4.69) is 20.6 Å². The molecule has 0 radical (unpaired) electrons. The van der Waals surface area contributed by atoms with Gasteiger partial charge < -0.3 is 20.5 Å². The van der Waals surface area contributed by atoms with Gasteiger partial charge in [-0.25, -0.2) is 0 Å². The summed E-state index contributed by atoms with van der Waals surface area (Å²) >= 11 is 0. The van der Waals surface area contributed by atoms with Gasteiger partial charge >= 0.3 is 0 Å². The molecule has 2 aliphatic carbocycles. The van der Waals surface area contributed by atoms with Crippen molar-refractivity contribution in [2.75, 3.05) is 23.8 Å². The zero-order valence-electron chi connectivity index (χ0n) is 19.5. The molecule has 34 heavy (non-hydrogen) atoms. The van der Waals surface area contributed by atoms with Gasteiger partial charge in [0.25, 0.3) is 11.8 Å². The summed E-state index contributed by atoms with van der Waals surface area (Å²) in [6, 6.07) is 5.77. The summed E-state index contributed by atoms with van der Waals surface area (Å²) in [5.41, 5.74) is 2.20. The molecule has 0 unspecified atom stereocenters. The Morgan fingerprint density at radius 3 is 2.56 bits per heavy atom. The Bertz CT molecular complexity index is 1180. The van der Waals surface area contributed by atoms with Crippen LogP contribution in [0.2, 0.25) is 0 Å². The van der Waals surface area contributed by atoms with E-state index in [0.29, 0.717) is 34.5 Å². The Kier molecular flexibility index (Phi) is 6.22. The van der Waals surface area contributed by atoms with E-state index in [1.54, 1.807) is 18.0 Å². The molecular formula is C26H31N5O3. The van der Waals surface area contributed by atoms with Crippen LogP contribution in [0.4, 0.5) is 11.5 Å². The zero-order valence-corrected chi connectivity index (χ0v) is 19.5. The average Bonchev–Trinajstić information content (AvgIpc) is 3.61. The van der Waals surface area contributed by atoms with Gasteiger partial charge in [-0.05, 0) is 56.4 Å². The average molecular weight is 462 g/mol. The van der Waals surface area contributed by atoms with Gasteiger partial charge in [-0.1, -0.05) is 25.3 Å². The van der Waals surface area contributed by atoms with Crippen LogP contribution in [0.3, 0.4) is 0 Å². The minimum absolute atomic E-state index is 0.0668. The molecule has 3 amide bonds. The van der Waals surface area contributed by atoms with Crippen molar-refractivity contribution in [3.8, 4) is 0 Å². The number of hydrogen-bond acceptors (Lipinski definition) is 4. The van der Waals surface area contributed by atoms with Crippen molar-refractivity contribution in [3.63, 3.8) is 0 Å². The first-order valence-electron chi connectivity index (χ1n) is 12.3. The molecule has 1 aliphatic heterocycles. The second-order valence-corrected chi connectivity index (χ2v) is 9.50. The topological polar surface area (TPSA) is 107 Å². The third-order valence-corrected chi connectivity index (χ3v) is 6.92. The number of amides is 3. The third-order valence-electron chi connectivity index (χ3n) is 6.92. The lowest BCUT2D eigenvalue weighted by atomic mass is 9.88. The lowest BCUT2D eigenvalue weighted by Gasteiger charge is -2.26. The van der Waals surface area contributed by atoms with Gasteiger partial charge in [-0.3, -0.25) is 19.4 Å². The van der Waals surface area contributed by atoms with Crippen LogP contribution in [0.1, 0.15) is 61.7 Å². The van der Waals surface area contributed by atoms with Gasteiger partial charge in [0, 0.05) is 42.1 Å². The van der Waals surface area contributed by atoms with Crippen LogP contribution < -0.4 is 15.5 Å². The Balaban J connectivity index is 1.45. The van der Waals surface area contributed by atoms with E-state index in [1.807, 2.05) is 24.3 Å². The molecule has 2 aromatic rings. The molecule has 3 N–H and O–H groups in total. The minimum Gasteiger partial charge on any atom is -0.349 e. The second-order valence-electron chi connectivity index (χ2n) is 9.50. The summed E-state index contributed by atoms with van der Waals surface area (Å²) in [5.74, 6) is -0.0272. The highest BCUT2D eigenvalue weighted by atomic mass is 16.2. The molecule has 2 saturated carbocycles. The van der Waals surface area contributed by atoms with Crippen LogP contribution in [0, 0.1) is 5.92 Å². The number of carbonyl (C=O) groups excluding carboxylic acids is 3. The number of nitrogens with one attached hydrogen (secondary N) is 3. The molecule has 0 bridgehead atoms. The number of hydrogen-bond donors (Lipinski definition) is 3. The largest absolute Gasteiger partial charge is 0.349 e. The Morgan fingerprint density at radius 1 is 1.06 bits per heavy atom. The number of H-pyrrole nitrogens is 1. The minimum atomic E-state index is -0.354. The molecule has 8 heteroatoms. The fourth-order valence-electron chi connectivity index (χ4n) is 4.79. The number of nitrogens with zero attached hydrogens (tertiary/aromatic N) is 2. The fourth-order valence-corrected chi connectivity index (χ4v) is 4.79. The van der Waals surface area contributed by atoms with Crippen molar-refractivity contribution >= 4 is 45.8 Å². The predicted molar refractivity (Wildman–Crippen MR) is 133 cm³/mol. The number of benzene rings is 1. The maximum Gasteiger partial charge on any atom is 0.274 e. The van der Waals surface area contributed by atoms with Crippen LogP contribution in [-0.2, 0) is 9.59 Å². The first kappa shape index (κ1) is 22.4. The molecule has 0 atom stereocenters. The molecule has 178 valence electrons. The van der Waals surface area contributed by atoms with E-state index in [0.717, 1.165) is 50.6 Å². The smallest absolute Gasteiger partial charge is 0.274 e. The molecule has 3 aliphatic rings. The monoisotopic (exact) mass is 461 g/mol. The van der Waals surface area contributed by atoms with Crippen LogP contribution in [0.5, 0.6) is 0 Å². The molecule has 0 spiro atoms. The Morgan fingerprint density at radius 2 is 1.85 bits per heavy atom. The highest BCUT2D eigenvalue weighted by Crippen LogP contribution is 2.32. The van der Waals surface area contributed by atoms with E-state index < -0.39 is 0 Å². The first-order valence-corrected chi connectivity index (χ1v) is 12.3. The quantitative estimate of drug-likeness (QED) is 0.606. The van der Waals surface area contributed by atoms with Crippen molar-refractivity contribution in [3.05, 3.63) is 35.9 Å². The van der Waals surface area contributed by atoms with E-state index in [9.17, 15) is 14.4 Å². The molecular weight excluding hydrogens is 430 g/mol. The number of anilines is 2. The molecule has 1 aromatic heterocycles. The van der Waals surface area contributed by atoms with E-state index in [4.69, 9.17) is 0 Å².